The summed E-state index contributed by atoms with van der Waals surface area (Å²) in [4.78, 5) is 11.1. The number of hydrogen-bond donors (Lipinski definition) is 1. The van der Waals surface area contributed by atoms with E-state index in [-0.39, 0.29) is 12.3 Å². The number of nitrogens with zero attached hydrogens (tertiary/aromatic N) is 1. The van der Waals surface area contributed by atoms with Crippen molar-refractivity contribution < 1.29 is 9.53 Å². The van der Waals surface area contributed by atoms with Gasteiger partial charge in [0.05, 0.1) is 12.7 Å². The normalized spacial score (nSPS) is 9.80. The zero-order valence-electron chi connectivity index (χ0n) is 12.0. The molecule has 1 amide bonds. The maximum atomic E-state index is 11.1. The van der Waals surface area contributed by atoms with Crippen LogP contribution in [0.25, 0.3) is 0 Å². The number of benzene rings is 1. The summed E-state index contributed by atoms with van der Waals surface area (Å²) in [6, 6.07) is 9.75. The molecule has 1 N–H and O–H groups in total. The third-order valence-corrected chi connectivity index (χ3v) is 2.92. The summed E-state index contributed by atoms with van der Waals surface area (Å²) in [5, 5.41) is 11.1. The van der Waals surface area contributed by atoms with Crippen molar-refractivity contribution >= 4 is 5.91 Å². The topological polar surface area (TPSA) is 62.1 Å². The Bertz CT molecular complexity index is 435. The van der Waals surface area contributed by atoms with Gasteiger partial charge in [-0.15, -0.1) is 0 Å². The third kappa shape index (κ3) is 6.79. The largest absolute Gasteiger partial charge is 0.494 e. The number of hydrogen-bond acceptors (Lipinski definition) is 3. The second kappa shape index (κ2) is 9.85. The van der Waals surface area contributed by atoms with Gasteiger partial charge in [0.15, 0.2) is 0 Å². The van der Waals surface area contributed by atoms with Crippen LogP contribution < -0.4 is 10.1 Å². The highest BCUT2D eigenvalue weighted by molar-refractivity contribution is 5.77. The summed E-state index contributed by atoms with van der Waals surface area (Å²) in [6.45, 7) is 3.48. The average molecular weight is 274 g/mol. The van der Waals surface area contributed by atoms with Crippen molar-refractivity contribution in [2.24, 2.45) is 0 Å². The number of amides is 1. The van der Waals surface area contributed by atoms with E-state index < -0.39 is 0 Å². The van der Waals surface area contributed by atoms with Crippen LogP contribution in [-0.4, -0.2) is 19.1 Å². The van der Waals surface area contributed by atoms with Crippen LogP contribution in [0, 0.1) is 11.3 Å². The summed E-state index contributed by atoms with van der Waals surface area (Å²) in [7, 11) is 0. The molecule has 0 bridgehead atoms. The van der Waals surface area contributed by atoms with Crippen LogP contribution in [0.5, 0.6) is 5.75 Å². The van der Waals surface area contributed by atoms with Crippen molar-refractivity contribution in [2.45, 2.75) is 39.0 Å². The van der Waals surface area contributed by atoms with Crippen LogP contribution in [0.2, 0.25) is 0 Å². The summed E-state index contributed by atoms with van der Waals surface area (Å²) in [6.07, 6.45) is 4.15. The van der Waals surface area contributed by atoms with E-state index in [4.69, 9.17) is 10.00 Å². The highest BCUT2D eigenvalue weighted by Gasteiger charge is 2.00. The third-order valence-electron chi connectivity index (χ3n) is 2.92. The van der Waals surface area contributed by atoms with Gasteiger partial charge in [-0.2, -0.15) is 5.26 Å². The molecule has 0 saturated carbocycles. The Labute approximate surface area is 120 Å². The first-order valence-electron chi connectivity index (χ1n) is 7.11. The van der Waals surface area contributed by atoms with Crippen LogP contribution in [0.1, 0.15) is 38.2 Å². The first-order chi connectivity index (χ1) is 9.76. The van der Waals surface area contributed by atoms with E-state index in [9.17, 15) is 4.79 Å². The lowest BCUT2D eigenvalue weighted by Crippen LogP contribution is -2.24. The van der Waals surface area contributed by atoms with E-state index in [0.717, 1.165) is 30.8 Å². The number of carbonyl (C=O) groups is 1. The minimum absolute atomic E-state index is 0.0788. The first-order valence-corrected chi connectivity index (χ1v) is 7.11. The molecule has 0 unspecified atom stereocenters. The van der Waals surface area contributed by atoms with Crippen LogP contribution in [0.3, 0.4) is 0 Å². The first kappa shape index (κ1) is 16.0. The number of unbranched alkanes of at least 4 members (excludes halogenated alkanes) is 2. The summed E-state index contributed by atoms with van der Waals surface area (Å²) in [5.41, 5.74) is 1.14. The minimum Gasteiger partial charge on any atom is -0.494 e. The molecule has 20 heavy (non-hydrogen) atoms. The summed E-state index contributed by atoms with van der Waals surface area (Å²) >= 11 is 0. The maximum Gasteiger partial charge on any atom is 0.234 e. The molecular formula is C16H22N2O2. The Hall–Kier alpha value is -2.02. The van der Waals surface area contributed by atoms with Gasteiger partial charge in [0.2, 0.25) is 5.91 Å². The van der Waals surface area contributed by atoms with Gasteiger partial charge in [0.1, 0.15) is 12.2 Å². The zero-order valence-corrected chi connectivity index (χ0v) is 12.0. The van der Waals surface area contributed by atoms with Gasteiger partial charge < -0.3 is 10.1 Å². The van der Waals surface area contributed by atoms with E-state index >= 15 is 0 Å². The molecule has 0 heterocycles. The lowest BCUT2D eigenvalue weighted by atomic mass is 10.1. The van der Waals surface area contributed by atoms with Crippen LogP contribution in [-0.2, 0) is 11.2 Å². The standard InChI is InChI=1S/C16H22N2O2/c1-2-3-4-13-20-15-7-5-14(6-8-15)10-12-18-16(19)9-11-17/h5-8H,2-4,9-10,12-13H2,1H3,(H,18,19). The average Bonchev–Trinajstić information content (AvgIpc) is 2.45. The highest BCUT2D eigenvalue weighted by atomic mass is 16.5. The Morgan fingerprint density at radius 1 is 1.30 bits per heavy atom. The molecule has 0 aliphatic rings. The van der Waals surface area contributed by atoms with Crippen LogP contribution >= 0.6 is 0 Å². The molecule has 1 rings (SSSR count). The van der Waals surface area contributed by atoms with Gasteiger partial charge >= 0.3 is 0 Å². The van der Waals surface area contributed by atoms with Crippen molar-refractivity contribution in [1.82, 2.24) is 5.32 Å². The molecule has 0 atom stereocenters. The van der Waals surface area contributed by atoms with Crippen molar-refractivity contribution in [3.63, 3.8) is 0 Å². The Morgan fingerprint density at radius 3 is 2.70 bits per heavy atom. The molecular weight excluding hydrogens is 252 g/mol. The maximum absolute atomic E-state index is 11.1. The van der Waals surface area contributed by atoms with Crippen molar-refractivity contribution in [3.05, 3.63) is 29.8 Å². The van der Waals surface area contributed by atoms with Gasteiger partial charge in [-0.3, -0.25) is 4.79 Å². The smallest absolute Gasteiger partial charge is 0.234 e. The van der Waals surface area contributed by atoms with Gasteiger partial charge in [-0.25, -0.2) is 0 Å². The van der Waals surface area contributed by atoms with E-state index in [1.165, 1.54) is 12.8 Å². The van der Waals surface area contributed by atoms with E-state index in [2.05, 4.69) is 12.2 Å². The van der Waals surface area contributed by atoms with Gasteiger partial charge in [0, 0.05) is 6.54 Å². The lowest BCUT2D eigenvalue weighted by Gasteiger charge is -2.07. The second-order valence-electron chi connectivity index (χ2n) is 4.63. The molecule has 1 aromatic carbocycles. The van der Waals surface area contributed by atoms with Crippen molar-refractivity contribution in [2.75, 3.05) is 13.2 Å². The fourth-order valence-corrected chi connectivity index (χ4v) is 1.77. The van der Waals surface area contributed by atoms with Gasteiger partial charge in [0.25, 0.3) is 0 Å². The lowest BCUT2D eigenvalue weighted by molar-refractivity contribution is -0.120. The van der Waals surface area contributed by atoms with Gasteiger partial charge in [-0.05, 0) is 30.5 Å². The number of carbonyl (C=O) groups excluding carboxylic acids is 1. The minimum atomic E-state index is -0.219. The SMILES string of the molecule is CCCCCOc1ccc(CCNC(=O)CC#N)cc1. The van der Waals surface area contributed by atoms with Crippen LogP contribution in [0.4, 0.5) is 0 Å². The fourth-order valence-electron chi connectivity index (χ4n) is 1.77. The number of rotatable bonds is 9. The second-order valence-corrected chi connectivity index (χ2v) is 4.63. The van der Waals surface area contributed by atoms with E-state index in [1.54, 1.807) is 0 Å². The van der Waals surface area contributed by atoms with Gasteiger partial charge in [-0.1, -0.05) is 31.9 Å². The quantitative estimate of drug-likeness (QED) is 0.704. The summed E-state index contributed by atoms with van der Waals surface area (Å²) in [5.74, 6) is 0.668. The number of ether oxygens (including phenoxy) is 1. The molecule has 4 heteroatoms. The Balaban J connectivity index is 2.25. The number of nitriles is 1. The van der Waals surface area contributed by atoms with Crippen LogP contribution in [0.15, 0.2) is 24.3 Å². The molecule has 0 spiro atoms. The molecule has 0 aliphatic carbocycles. The van der Waals surface area contributed by atoms with Crippen molar-refractivity contribution in [1.29, 1.82) is 5.26 Å². The molecule has 0 aliphatic heterocycles. The van der Waals surface area contributed by atoms with Crippen molar-refractivity contribution in [3.8, 4) is 11.8 Å². The Morgan fingerprint density at radius 2 is 2.05 bits per heavy atom. The Kier molecular flexibility index (Phi) is 7.90. The molecule has 0 fully saturated rings. The molecule has 108 valence electrons. The molecule has 1 aromatic rings. The monoisotopic (exact) mass is 274 g/mol. The molecule has 0 radical (unpaired) electrons. The summed E-state index contributed by atoms with van der Waals surface area (Å²) < 4.78 is 5.63. The molecule has 0 saturated heterocycles. The van der Waals surface area contributed by atoms with E-state index in [0.29, 0.717) is 6.54 Å². The zero-order chi connectivity index (χ0) is 14.6. The fraction of sp³-hybridized carbons (Fsp3) is 0.500. The molecule has 4 nitrogen and oxygen atoms in total. The number of nitrogens with one attached hydrogen (secondary N) is 1. The predicted octanol–water partition coefficient (Wildman–Crippen LogP) is 2.83. The van der Waals surface area contributed by atoms with E-state index in [1.807, 2.05) is 30.3 Å². The highest BCUT2D eigenvalue weighted by Crippen LogP contribution is 2.13. The predicted molar refractivity (Wildman–Crippen MR) is 78.4 cm³/mol. The molecule has 0 aromatic heterocycles.